The summed E-state index contributed by atoms with van der Waals surface area (Å²) < 4.78 is 0. The molecule has 0 aromatic carbocycles. The van der Waals surface area contributed by atoms with Gasteiger partial charge in [0.1, 0.15) is 5.69 Å². The van der Waals surface area contributed by atoms with Crippen molar-refractivity contribution in [2.75, 3.05) is 0 Å². The van der Waals surface area contributed by atoms with Crippen molar-refractivity contribution in [2.24, 2.45) is 5.73 Å². The molecule has 0 aliphatic heterocycles. The van der Waals surface area contributed by atoms with Crippen molar-refractivity contribution in [3.63, 3.8) is 0 Å². The van der Waals surface area contributed by atoms with E-state index < -0.39 is 0 Å². The van der Waals surface area contributed by atoms with Crippen LogP contribution in [0.25, 0.3) is 0 Å². The van der Waals surface area contributed by atoms with E-state index in [0.29, 0.717) is 18.8 Å². The average Bonchev–Trinajstić information content (AvgIpc) is 2.46. The van der Waals surface area contributed by atoms with Crippen LogP contribution >= 0.6 is 0 Å². The SMILES string of the molecule is NCc1ccnc(C(=O)NCc2ccccn2)c1. The fourth-order valence-corrected chi connectivity index (χ4v) is 1.49. The molecule has 18 heavy (non-hydrogen) atoms. The Hall–Kier alpha value is -2.27. The molecule has 0 bridgehead atoms. The fourth-order valence-electron chi connectivity index (χ4n) is 1.49. The number of hydrogen-bond donors (Lipinski definition) is 2. The Morgan fingerprint density at radius 3 is 2.83 bits per heavy atom. The van der Waals surface area contributed by atoms with Crippen LogP contribution in [0.3, 0.4) is 0 Å². The lowest BCUT2D eigenvalue weighted by Crippen LogP contribution is -2.24. The van der Waals surface area contributed by atoms with E-state index >= 15 is 0 Å². The zero-order chi connectivity index (χ0) is 12.8. The molecule has 0 spiro atoms. The molecular formula is C13H14N4O. The van der Waals surface area contributed by atoms with Crippen LogP contribution in [-0.4, -0.2) is 15.9 Å². The van der Waals surface area contributed by atoms with Crippen molar-refractivity contribution in [3.8, 4) is 0 Å². The molecule has 2 rings (SSSR count). The minimum absolute atomic E-state index is 0.226. The summed E-state index contributed by atoms with van der Waals surface area (Å²) in [6.45, 7) is 0.775. The molecule has 5 nitrogen and oxygen atoms in total. The van der Waals surface area contributed by atoms with Gasteiger partial charge in [-0.3, -0.25) is 14.8 Å². The Kier molecular flexibility index (Phi) is 3.98. The van der Waals surface area contributed by atoms with E-state index in [0.717, 1.165) is 11.3 Å². The van der Waals surface area contributed by atoms with Gasteiger partial charge in [-0.2, -0.15) is 0 Å². The van der Waals surface area contributed by atoms with Gasteiger partial charge in [0.15, 0.2) is 0 Å². The molecule has 2 aromatic rings. The topological polar surface area (TPSA) is 80.9 Å². The number of amides is 1. The second kappa shape index (κ2) is 5.88. The first-order valence-corrected chi connectivity index (χ1v) is 5.62. The second-order valence-electron chi connectivity index (χ2n) is 3.76. The van der Waals surface area contributed by atoms with E-state index in [-0.39, 0.29) is 5.91 Å². The van der Waals surface area contributed by atoms with E-state index in [1.807, 2.05) is 18.2 Å². The first-order chi connectivity index (χ1) is 8.79. The molecule has 0 aliphatic carbocycles. The van der Waals surface area contributed by atoms with Gasteiger partial charge in [0.25, 0.3) is 5.91 Å². The van der Waals surface area contributed by atoms with Crippen LogP contribution in [-0.2, 0) is 13.1 Å². The highest BCUT2D eigenvalue weighted by atomic mass is 16.1. The summed E-state index contributed by atoms with van der Waals surface area (Å²) in [6.07, 6.45) is 3.27. The van der Waals surface area contributed by atoms with Crippen LogP contribution in [0.1, 0.15) is 21.7 Å². The first-order valence-electron chi connectivity index (χ1n) is 5.62. The maximum Gasteiger partial charge on any atom is 0.270 e. The Bertz CT molecular complexity index is 528. The van der Waals surface area contributed by atoms with Gasteiger partial charge in [0, 0.05) is 18.9 Å². The van der Waals surface area contributed by atoms with Crippen LogP contribution in [0.4, 0.5) is 0 Å². The minimum Gasteiger partial charge on any atom is -0.345 e. The summed E-state index contributed by atoms with van der Waals surface area (Å²) in [5.74, 6) is -0.226. The molecule has 0 unspecified atom stereocenters. The highest BCUT2D eigenvalue weighted by molar-refractivity contribution is 5.92. The maximum atomic E-state index is 11.8. The molecule has 0 atom stereocenters. The van der Waals surface area contributed by atoms with Crippen molar-refractivity contribution in [1.29, 1.82) is 0 Å². The molecule has 0 radical (unpaired) electrons. The third-order valence-corrected chi connectivity index (χ3v) is 2.45. The predicted molar refractivity (Wildman–Crippen MR) is 67.5 cm³/mol. The number of aromatic nitrogens is 2. The van der Waals surface area contributed by atoms with Crippen LogP contribution in [0.2, 0.25) is 0 Å². The molecule has 2 heterocycles. The zero-order valence-electron chi connectivity index (χ0n) is 9.84. The van der Waals surface area contributed by atoms with Gasteiger partial charge in [-0.15, -0.1) is 0 Å². The highest BCUT2D eigenvalue weighted by Gasteiger charge is 2.07. The normalized spacial score (nSPS) is 10.1. The van der Waals surface area contributed by atoms with Crippen molar-refractivity contribution in [2.45, 2.75) is 13.1 Å². The number of nitrogens with two attached hydrogens (primary N) is 1. The van der Waals surface area contributed by atoms with Crippen molar-refractivity contribution in [1.82, 2.24) is 15.3 Å². The van der Waals surface area contributed by atoms with E-state index in [2.05, 4.69) is 15.3 Å². The molecule has 0 saturated carbocycles. The lowest BCUT2D eigenvalue weighted by molar-refractivity contribution is 0.0945. The summed E-state index contributed by atoms with van der Waals surface area (Å²) in [6, 6.07) is 9.03. The number of nitrogens with one attached hydrogen (secondary N) is 1. The summed E-state index contributed by atoms with van der Waals surface area (Å²) in [5, 5.41) is 2.76. The van der Waals surface area contributed by atoms with Gasteiger partial charge in [-0.05, 0) is 29.8 Å². The van der Waals surface area contributed by atoms with Crippen molar-refractivity contribution >= 4 is 5.91 Å². The lowest BCUT2D eigenvalue weighted by atomic mass is 10.2. The molecule has 2 aromatic heterocycles. The summed E-state index contributed by atoms with van der Waals surface area (Å²) in [5.41, 5.74) is 7.57. The number of carbonyl (C=O) groups is 1. The predicted octanol–water partition coefficient (Wildman–Crippen LogP) is 0.865. The first kappa shape index (κ1) is 12.2. The molecule has 5 heteroatoms. The Morgan fingerprint density at radius 2 is 2.11 bits per heavy atom. The second-order valence-corrected chi connectivity index (χ2v) is 3.76. The Balaban J connectivity index is 1.99. The van der Waals surface area contributed by atoms with Gasteiger partial charge in [-0.25, -0.2) is 0 Å². The average molecular weight is 242 g/mol. The fraction of sp³-hybridized carbons (Fsp3) is 0.154. The summed E-state index contributed by atoms with van der Waals surface area (Å²) in [7, 11) is 0. The van der Waals surface area contributed by atoms with Crippen molar-refractivity contribution < 1.29 is 4.79 Å². The number of rotatable bonds is 4. The number of carbonyl (C=O) groups excluding carboxylic acids is 1. The molecule has 3 N–H and O–H groups in total. The zero-order valence-corrected chi connectivity index (χ0v) is 9.84. The van der Waals surface area contributed by atoms with Crippen LogP contribution in [0, 0.1) is 0 Å². The highest BCUT2D eigenvalue weighted by Crippen LogP contribution is 2.01. The third kappa shape index (κ3) is 3.11. The largest absolute Gasteiger partial charge is 0.345 e. The molecular weight excluding hydrogens is 228 g/mol. The molecule has 0 fully saturated rings. The molecule has 1 amide bonds. The van der Waals surface area contributed by atoms with Gasteiger partial charge < -0.3 is 11.1 Å². The van der Waals surface area contributed by atoms with Gasteiger partial charge in [0.2, 0.25) is 0 Å². The Labute approximate surface area is 105 Å². The van der Waals surface area contributed by atoms with E-state index in [9.17, 15) is 4.79 Å². The van der Waals surface area contributed by atoms with E-state index in [1.54, 1.807) is 24.5 Å². The van der Waals surface area contributed by atoms with Crippen LogP contribution < -0.4 is 11.1 Å². The smallest absolute Gasteiger partial charge is 0.270 e. The van der Waals surface area contributed by atoms with Crippen molar-refractivity contribution in [3.05, 3.63) is 59.7 Å². The quantitative estimate of drug-likeness (QED) is 0.833. The lowest BCUT2D eigenvalue weighted by Gasteiger charge is -2.05. The summed E-state index contributed by atoms with van der Waals surface area (Å²) in [4.78, 5) is 20.0. The number of hydrogen-bond acceptors (Lipinski definition) is 4. The van der Waals surface area contributed by atoms with Gasteiger partial charge in [0.05, 0.1) is 12.2 Å². The molecule has 0 aliphatic rings. The molecule has 92 valence electrons. The van der Waals surface area contributed by atoms with Gasteiger partial charge >= 0.3 is 0 Å². The summed E-state index contributed by atoms with van der Waals surface area (Å²) >= 11 is 0. The third-order valence-electron chi connectivity index (χ3n) is 2.45. The minimum atomic E-state index is -0.226. The molecule has 0 saturated heterocycles. The number of nitrogens with zero attached hydrogens (tertiary/aromatic N) is 2. The Morgan fingerprint density at radius 1 is 1.22 bits per heavy atom. The maximum absolute atomic E-state index is 11.8. The van der Waals surface area contributed by atoms with Crippen LogP contribution in [0.15, 0.2) is 42.7 Å². The van der Waals surface area contributed by atoms with Gasteiger partial charge in [-0.1, -0.05) is 6.07 Å². The van der Waals surface area contributed by atoms with E-state index in [4.69, 9.17) is 5.73 Å². The standard InChI is InChI=1S/C13H14N4O/c14-8-10-4-6-16-12(7-10)13(18)17-9-11-3-1-2-5-15-11/h1-7H,8-9,14H2,(H,17,18). The monoisotopic (exact) mass is 242 g/mol. The van der Waals surface area contributed by atoms with Crippen LogP contribution in [0.5, 0.6) is 0 Å². The number of pyridine rings is 2. The van der Waals surface area contributed by atoms with E-state index in [1.165, 1.54) is 0 Å².